The zero-order valence-electron chi connectivity index (χ0n) is 12.3. The summed E-state index contributed by atoms with van der Waals surface area (Å²) in [6, 6.07) is 5.16. The van der Waals surface area contributed by atoms with Crippen LogP contribution in [-0.4, -0.2) is 30.6 Å². The van der Waals surface area contributed by atoms with Crippen LogP contribution in [0.25, 0.3) is 0 Å². The normalized spacial score (nSPS) is 17.1. The quantitative estimate of drug-likeness (QED) is 0.892. The first-order chi connectivity index (χ1) is 9.56. The third kappa shape index (κ3) is 4.44. The Kier molecular flexibility index (Phi) is 5.82. The molecule has 0 aromatic heterocycles. The molecule has 1 heterocycles. The summed E-state index contributed by atoms with van der Waals surface area (Å²) in [5, 5.41) is 3.93. The zero-order chi connectivity index (χ0) is 14.5. The lowest BCUT2D eigenvalue weighted by Gasteiger charge is -2.33. The topological polar surface area (TPSA) is 15.3 Å². The molecule has 1 aromatic carbocycles. The van der Waals surface area contributed by atoms with Gasteiger partial charge in [0.25, 0.3) is 0 Å². The van der Waals surface area contributed by atoms with Gasteiger partial charge in [-0.15, -0.1) is 0 Å². The van der Waals surface area contributed by atoms with Crippen LogP contribution in [-0.2, 0) is 6.54 Å². The van der Waals surface area contributed by atoms with E-state index in [1.165, 1.54) is 25.0 Å². The van der Waals surface area contributed by atoms with Gasteiger partial charge in [0.15, 0.2) is 0 Å². The fourth-order valence-electron chi connectivity index (χ4n) is 2.72. The number of piperidine rings is 1. The number of nitrogens with zero attached hydrogens (tertiary/aromatic N) is 1. The largest absolute Gasteiger partial charge is 0.317 e. The summed E-state index contributed by atoms with van der Waals surface area (Å²) in [7, 11) is 0. The van der Waals surface area contributed by atoms with Crippen molar-refractivity contribution in [3.05, 3.63) is 34.6 Å². The zero-order valence-corrected chi connectivity index (χ0v) is 13.1. The van der Waals surface area contributed by atoms with Crippen LogP contribution in [0.15, 0.2) is 18.2 Å². The van der Waals surface area contributed by atoms with Gasteiger partial charge in [0.05, 0.1) is 0 Å². The van der Waals surface area contributed by atoms with Crippen LogP contribution in [0, 0.1) is 11.7 Å². The molecule has 2 rings (SSSR count). The number of hydrogen-bond donors (Lipinski definition) is 1. The van der Waals surface area contributed by atoms with Gasteiger partial charge in [-0.3, -0.25) is 4.90 Å². The monoisotopic (exact) mass is 298 g/mol. The minimum Gasteiger partial charge on any atom is -0.317 e. The first-order valence-electron chi connectivity index (χ1n) is 7.45. The molecule has 4 heteroatoms. The van der Waals surface area contributed by atoms with Crippen LogP contribution >= 0.6 is 11.6 Å². The highest BCUT2D eigenvalue weighted by molar-refractivity contribution is 6.31. The van der Waals surface area contributed by atoms with Crippen molar-refractivity contribution in [3.63, 3.8) is 0 Å². The highest BCUT2D eigenvalue weighted by atomic mass is 35.5. The molecule has 20 heavy (non-hydrogen) atoms. The summed E-state index contributed by atoms with van der Waals surface area (Å²) in [6.45, 7) is 8.53. The van der Waals surface area contributed by atoms with Crippen molar-refractivity contribution in [1.82, 2.24) is 10.2 Å². The maximum Gasteiger partial charge on any atom is 0.124 e. The lowest BCUT2D eigenvalue weighted by Crippen LogP contribution is -2.39. The van der Waals surface area contributed by atoms with E-state index in [-0.39, 0.29) is 5.82 Å². The Morgan fingerprint density at radius 1 is 1.35 bits per heavy atom. The van der Waals surface area contributed by atoms with Crippen LogP contribution < -0.4 is 5.32 Å². The van der Waals surface area contributed by atoms with Crippen LogP contribution in [0.5, 0.6) is 0 Å². The maximum absolute atomic E-state index is 13.1. The average molecular weight is 299 g/mol. The Bertz CT molecular complexity index is 430. The van der Waals surface area contributed by atoms with Crippen molar-refractivity contribution in [1.29, 1.82) is 0 Å². The molecule has 0 unspecified atom stereocenters. The predicted octanol–water partition coefficient (Wildman–Crippen LogP) is 3.69. The summed E-state index contributed by atoms with van der Waals surface area (Å²) in [5.41, 5.74) is 1.01. The number of hydrogen-bond acceptors (Lipinski definition) is 2. The summed E-state index contributed by atoms with van der Waals surface area (Å²) in [6.07, 6.45) is 2.47. The third-order valence-corrected chi connectivity index (χ3v) is 4.42. The minimum absolute atomic E-state index is 0.270. The van der Waals surface area contributed by atoms with Gasteiger partial charge < -0.3 is 5.32 Å². The van der Waals surface area contributed by atoms with Crippen LogP contribution in [0.2, 0.25) is 5.02 Å². The molecule has 0 bridgehead atoms. The second-order valence-electron chi connectivity index (χ2n) is 5.95. The molecule has 0 aliphatic carbocycles. The van der Waals surface area contributed by atoms with E-state index in [0.29, 0.717) is 11.1 Å². The van der Waals surface area contributed by atoms with E-state index < -0.39 is 0 Å². The lowest BCUT2D eigenvalue weighted by molar-refractivity contribution is 0.162. The molecule has 0 amide bonds. The van der Waals surface area contributed by atoms with Gasteiger partial charge in [0, 0.05) is 24.2 Å². The Labute approximate surface area is 126 Å². The smallest absolute Gasteiger partial charge is 0.124 e. The molecular formula is C16H24ClFN2. The summed E-state index contributed by atoms with van der Waals surface area (Å²) >= 11 is 6.14. The highest BCUT2D eigenvalue weighted by Crippen LogP contribution is 2.22. The standard InChI is InChI=1S/C16H24ClFN2/c1-12(2)20(10-13-5-7-19-8-6-13)11-14-3-4-15(18)9-16(14)17/h3-4,9,12-13,19H,5-8,10-11H2,1-2H3. The second kappa shape index (κ2) is 7.39. The Balaban J connectivity index is 2.01. The van der Waals surface area contributed by atoms with Gasteiger partial charge in [-0.1, -0.05) is 17.7 Å². The maximum atomic E-state index is 13.1. The number of nitrogens with one attached hydrogen (secondary N) is 1. The first-order valence-corrected chi connectivity index (χ1v) is 7.82. The van der Waals surface area contributed by atoms with Gasteiger partial charge >= 0.3 is 0 Å². The molecule has 1 aliphatic rings. The SMILES string of the molecule is CC(C)N(Cc1ccc(F)cc1Cl)CC1CCNCC1. The Hall–Kier alpha value is -0.640. The molecule has 0 spiro atoms. The van der Waals surface area contributed by atoms with Gasteiger partial charge in [-0.2, -0.15) is 0 Å². The van der Waals surface area contributed by atoms with Gasteiger partial charge in [0.1, 0.15) is 5.82 Å². The number of rotatable bonds is 5. The van der Waals surface area contributed by atoms with Gasteiger partial charge in [-0.05, 0) is 63.4 Å². The van der Waals surface area contributed by atoms with Crippen molar-refractivity contribution in [2.24, 2.45) is 5.92 Å². The molecule has 112 valence electrons. The fraction of sp³-hybridized carbons (Fsp3) is 0.625. The van der Waals surface area contributed by atoms with E-state index in [0.717, 1.165) is 37.7 Å². The molecule has 0 atom stereocenters. The second-order valence-corrected chi connectivity index (χ2v) is 6.36. The number of benzene rings is 1. The molecule has 2 nitrogen and oxygen atoms in total. The highest BCUT2D eigenvalue weighted by Gasteiger charge is 2.19. The van der Waals surface area contributed by atoms with Crippen molar-refractivity contribution < 1.29 is 4.39 Å². The van der Waals surface area contributed by atoms with E-state index in [2.05, 4.69) is 24.1 Å². The molecule has 1 N–H and O–H groups in total. The van der Waals surface area contributed by atoms with Crippen LogP contribution in [0.3, 0.4) is 0 Å². The predicted molar refractivity (Wildman–Crippen MR) is 82.5 cm³/mol. The molecule has 1 fully saturated rings. The van der Waals surface area contributed by atoms with E-state index in [1.54, 1.807) is 6.07 Å². The lowest BCUT2D eigenvalue weighted by atomic mass is 9.96. The van der Waals surface area contributed by atoms with Gasteiger partial charge in [-0.25, -0.2) is 4.39 Å². The summed E-state index contributed by atoms with van der Waals surface area (Å²) < 4.78 is 13.1. The van der Waals surface area contributed by atoms with Crippen LogP contribution in [0.1, 0.15) is 32.3 Å². The van der Waals surface area contributed by atoms with E-state index in [9.17, 15) is 4.39 Å². The third-order valence-electron chi connectivity index (χ3n) is 4.07. The molecule has 1 saturated heterocycles. The van der Waals surface area contributed by atoms with Crippen molar-refractivity contribution in [2.75, 3.05) is 19.6 Å². The van der Waals surface area contributed by atoms with E-state index >= 15 is 0 Å². The van der Waals surface area contributed by atoms with Crippen molar-refractivity contribution in [3.8, 4) is 0 Å². The summed E-state index contributed by atoms with van der Waals surface area (Å²) in [5.74, 6) is 0.478. The van der Waals surface area contributed by atoms with E-state index in [1.807, 2.05) is 0 Å². The Morgan fingerprint density at radius 2 is 2.05 bits per heavy atom. The summed E-state index contributed by atoms with van der Waals surface area (Å²) in [4.78, 5) is 2.44. The van der Waals surface area contributed by atoms with E-state index in [4.69, 9.17) is 11.6 Å². The fourth-order valence-corrected chi connectivity index (χ4v) is 2.95. The van der Waals surface area contributed by atoms with Gasteiger partial charge in [0.2, 0.25) is 0 Å². The molecule has 1 aliphatic heterocycles. The molecular weight excluding hydrogens is 275 g/mol. The molecule has 0 radical (unpaired) electrons. The van der Waals surface area contributed by atoms with Crippen molar-refractivity contribution in [2.45, 2.75) is 39.3 Å². The first kappa shape index (κ1) is 15.7. The van der Waals surface area contributed by atoms with Crippen LogP contribution in [0.4, 0.5) is 4.39 Å². The minimum atomic E-state index is -0.270. The van der Waals surface area contributed by atoms with Crippen molar-refractivity contribution >= 4 is 11.6 Å². The number of halogens is 2. The Morgan fingerprint density at radius 3 is 2.65 bits per heavy atom. The molecule has 0 saturated carbocycles. The molecule has 1 aromatic rings. The average Bonchev–Trinajstić information content (AvgIpc) is 2.42.